The predicted molar refractivity (Wildman–Crippen MR) is 55.3 cm³/mol. The van der Waals surface area contributed by atoms with Gasteiger partial charge in [-0.1, -0.05) is 6.92 Å². The van der Waals surface area contributed by atoms with Gasteiger partial charge < -0.3 is 15.5 Å². The van der Waals surface area contributed by atoms with Gasteiger partial charge in [-0.15, -0.1) is 0 Å². The lowest BCUT2D eigenvalue weighted by Crippen LogP contribution is -2.23. The lowest BCUT2D eigenvalue weighted by Gasteiger charge is -2.06. The normalized spacial score (nSPS) is 12.7. The van der Waals surface area contributed by atoms with Gasteiger partial charge in [-0.2, -0.15) is 0 Å². The van der Waals surface area contributed by atoms with Crippen molar-refractivity contribution in [1.82, 2.24) is 5.32 Å². The van der Waals surface area contributed by atoms with E-state index in [1.54, 1.807) is 0 Å². The SMILES string of the molecule is CC(CO)CCCNC(=O)/C=C/C(=O)O. The molecule has 0 saturated carbocycles. The molecule has 5 heteroatoms. The van der Waals surface area contributed by atoms with Crippen molar-refractivity contribution in [3.63, 3.8) is 0 Å². The number of aliphatic carboxylic acids is 1. The minimum Gasteiger partial charge on any atom is -0.478 e. The Morgan fingerprint density at radius 1 is 1.40 bits per heavy atom. The molecule has 0 saturated heterocycles. The highest BCUT2D eigenvalue weighted by molar-refractivity contribution is 5.93. The monoisotopic (exact) mass is 215 g/mol. The number of nitrogens with one attached hydrogen (secondary N) is 1. The Balaban J connectivity index is 3.51. The van der Waals surface area contributed by atoms with E-state index in [9.17, 15) is 9.59 Å². The van der Waals surface area contributed by atoms with Gasteiger partial charge in [0.15, 0.2) is 0 Å². The zero-order chi connectivity index (χ0) is 11.7. The molecule has 0 aliphatic carbocycles. The molecule has 1 unspecified atom stereocenters. The Morgan fingerprint density at radius 2 is 2.07 bits per heavy atom. The van der Waals surface area contributed by atoms with Gasteiger partial charge in [0.25, 0.3) is 0 Å². The average molecular weight is 215 g/mol. The molecule has 15 heavy (non-hydrogen) atoms. The number of hydrogen-bond donors (Lipinski definition) is 3. The smallest absolute Gasteiger partial charge is 0.328 e. The summed E-state index contributed by atoms with van der Waals surface area (Å²) in [6.45, 7) is 2.56. The van der Waals surface area contributed by atoms with Crippen LogP contribution >= 0.6 is 0 Å². The highest BCUT2D eigenvalue weighted by Crippen LogP contribution is 2.02. The molecule has 0 aromatic heterocycles. The minimum atomic E-state index is -1.14. The Morgan fingerprint density at radius 3 is 2.60 bits per heavy atom. The molecule has 0 aromatic rings. The molecule has 86 valence electrons. The second-order valence-electron chi connectivity index (χ2n) is 3.39. The molecule has 3 N–H and O–H groups in total. The van der Waals surface area contributed by atoms with Gasteiger partial charge in [-0.3, -0.25) is 4.79 Å². The van der Waals surface area contributed by atoms with Gasteiger partial charge in [0, 0.05) is 25.3 Å². The first-order chi connectivity index (χ1) is 7.06. The van der Waals surface area contributed by atoms with Crippen molar-refractivity contribution < 1.29 is 19.8 Å². The van der Waals surface area contributed by atoms with Crippen molar-refractivity contribution in [2.24, 2.45) is 5.92 Å². The fourth-order valence-corrected chi connectivity index (χ4v) is 0.959. The number of aliphatic hydroxyl groups excluding tert-OH is 1. The van der Waals surface area contributed by atoms with Crippen LogP contribution in [0.15, 0.2) is 12.2 Å². The van der Waals surface area contributed by atoms with E-state index >= 15 is 0 Å². The molecule has 0 aliphatic heterocycles. The van der Waals surface area contributed by atoms with Crippen LogP contribution < -0.4 is 5.32 Å². The molecular formula is C10H17NO4. The first-order valence-corrected chi connectivity index (χ1v) is 4.86. The summed E-state index contributed by atoms with van der Waals surface area (Å²) in [5, 5.41) is 19.5. The van der Waals surface area contributed by atoms with Crippen LogP contribution in [0.4, 0.5) is 0 Å². The van der Waals surface area contributed by atoms with E-state index in [1.807, 2.05) is 6.92 Å². The summed E-state index contributed by atoms with van der Waals surface area (Å²) in [6, 6.07) is 0. The van der Waals surface area contributed by atoms with Crippen LogP contribution in [0.2, 0.25) is 0 Å². The van der Waals surface area contributed by atoms with E-state index in [1.165, 1.54) is 0 Å². The molecule has 0 fully saturated rings. The summed E-state index contributed by atoms with van der Waals surface area (Å²) in [7, 11) is 0. The molecule has 0 rings (SSSR count). The number of carbonyl (C=O) groups is 2. The van der Waals surface area contributed by atoms with Gasteiger partial charge in [-0.25, -0.2) is 4.79 Å². The van der Waals surface area contributed by atoms with Gasteiger partial charge in [-0.05, 0) is 18.8 Å². The van der Waals surface area contributed by atoms with E-state index < -0.39 is 11.9 Å². The lowest BCUT2D eigenvalue weighted by molar-refractivity contribution is -0.131. The molecule has 0 aromatic carbocycles. The van der Waals surface area contributed by atoms with Gasteiger partial charge >= 0.3 is 5.97 Å². The zero-order valence-corrected chi connectivity index (χ0v) is 8.77. The fraction of sp³-hybridized carbons (Fsp3) is 0.600. The molecule has 1 atom stereocenters. The minimum absolute atomic E-state index is 0.146. The van der Waals surface area contributed by atoms with Crippen molar-refractivity contribution >= 4 is 11.9 Å². The molecule has 0 bridgehead atoms. The second kappa shape index (κ2) is 7.99. The second-order valence-corrected chi connectivity index (χ2v) is 3.39. The van der Waals surface area contributed by atoms with Crippen molar-refractivity contribution in [2.45, 2.75) is 19.8 Å². The van der Waals surface area contributed by atoms with Crippen molar-refractivity contribution in [3.8, 4) is 0 Å². The third kappa shape index (κ3) is 8.96. The number of amides is 1. The third-order valence-corrected chi connectivity index (χ3v) is 1.86. The molecule has 1 amide bonds. The molecular weight excluding hydrogens is 198 g/mol. The number of carbonyl (C=O) groups excluding carboxylic acids is 1. The van der Waals surface area contributed by atoms with Crippen molar-refractivity contribution in [1.29, 1.82) is 0 Å². The highest BCUT2D eigenvalue weighted by atomic mass is 16.4. The van der Waals surface area contributed by atoms with Crippen LogP contribution in [0.5, 0.6) is 0 Å². The zero-order valence-electron chi connectivity index (χ0n) is 8.77. The van der Waals surface area contributed by atoms with Crippen molar-refractivity contribution in [3.05, 3.63) is 12.2 Å². The van der Waals surface area contributed by atoms with Crippen LogP contribution in [-0.4, -0.2) is 35.2 Å². The van der Waals surface area contributed by atoms with Gasteiger partial charge in [0.2, 0.25) is 5.91 Å². The molecule has 0 spiro atoms. The summed E-state index contributed by atoms with van der Waals surface area (Å²) >= 11 is 0. The van der Waals surface area contributed by atoms with E-state index in [4.69, 9.17) is 10.2 Å². The highest BCUT2D eigenvalue weighted by Gasteiger charge is 2.00. The summed E-state index contributed by atoms with van der Waals surface area (Å²) in [5.41, 5.74) is 0. The standard InChI is InChI=1S/C10H17NO4/c1-8(7-12)3-2-6-11-9(13)4-5-10(14)15/h4-5,8,12H,2-3,6-7H2,1H3,(H,11,13)(H,14,15)/b5-4+. The quantitative estimate of drug-likeness (QED) is 0.417. The number of carboxylic acid groups (broad SMARTS) is 1. The van der Waals surface area contributed by atoms with Gasteiger partial charge in [0.1, 0.15) is 0 Å². The van der Waals surface area contributed by atoms with E-state index in [2.05, 4.69) is 5.32 Å². The van der Waals surface area contributed by atoms with Crippen LogP contribution in [0, 0.1) is 5.92 Å². The third-order valence-electron chi connectivity index (χ3n) is 1.86. The summed E-state index contributed by atoms with van der Waals surface area (Å²) in [6.07, 6.45) is 3.39. The maximum Gasteiger partial charge on any atom is 0.328 e. The number of hydrogen-bond acceptors (Lipinski definition) is 3. The molecule has 0 heterocycles. The van der Waals surface area contributed by atoms with Gasteiger partial charge in [0.05, 0.1) is 0 Å². The maximum atomic E-state index is 11.0. The molecule has 0 aliphatic rings. The van der Waals surface area contributed by atoms with Crippen LogP contribution in [0.1, 0.15) is 19.8 Å². The maximum absolute atomic E-state index is 11.0. The lowest BCUT2D eigenvalue weighted by atomic mass is 10.1. The Labute approximate surface area is 88.8 Å². The topological polar surface area (TPSA) is 86.6 Å². The van der Waals surface area contributed by atoms with E-state index in [-0.39, 0.29) is 12.5 Å². The van der Waals surface area contributed by atoms with Crippen LogP contribution in [0.3, 0.4) is 0 Å². The van der Waals surface area contributed by atoms with Crippen LogP contribution in [0.25, 0.3) is 0 Å². The van der Waals surface area contributed by atoms with Crippen LogP contribution in [-0.2, 0) is 9.59 Å². The Kier molecular flexibility index (Phi) is 7.27. The number of carboxylic acids is 1. The number of aliphatic hydroxyl groups is 1. The molecule has 5 nitrogen and oxygen atoms in total. The van der Waals surface area contributed by atoms with Crippen molar-refractivity contribution in [2.75, 3.05) is 13.2 Å². The largest absolute Gasteiger partial charge is 0.478 e. The van der Waals surface area contributed by atoms with E-state index in [0.717, 1.165) is 25.0 Å². The summed E-state index contributed by atoms with van der Waals surface area (Å²) in [4.78, 5) is 21.0. The Hall–Kier alpha value is -1.36. The summed E-state index contributed by atoms with van der Waals surface area (Å²) < 4.78 is 0. The van der Waals surface area contributed by atoms with E-state index in [0.29, 0.717) is 6.54 Å². The summed E-state index contributed by atoms with van der Waals surface area (Å²) in [5.74, 6) is -1.32. The first kappa shape index (κ1) is 13.6. The number of rotatable bonds is 7. The molecule has 0 radical (unpaired) electrons. The fourth-order valence-electron chi connectivity index (χ4n) is 0.959. The Bertz CT molecular complexity index is 238. The predicted octanol–water partition coefficient (Wildman–Crippen LogP) is 0.152. The first-order valence-electron chi connectivity index (χ1n) is 4.86. The average Bonchev–Trinajstić information content (AvgIpc) is 2.21.